The molecule has 0 saturated carbocycles. The number of likely N-dealkylation sites (tertiary alicyclic amines) is 1. The number of benzene rings is 1. The molecule has 0 aliphatic carbocycles. The second kappa shape index (κ2) is 7.82. The van der Waals surface area contributed by atoms with Gasteiger partial charge in [0.15, 0.2) is 0 Å². The summed E-state index contributed by atoms with van der Waals surface area (Å²) in [7, 11) is 0. The van der Waals surface area contributed by atoms with Crippen LogP contribution in [-0.4, -0.2) is 24.0 Å². The number of hydrogen-bond donors (Lipinski definition) is 1. The van der Waals surface area contributed by atoms with E-state index in [1.807, 2.05) is 12.1 Å². The van der Waals surface area contributed by atoms with Gasteiger partial charge in [-0.15, -0.1) is 0 Å². The highest BCUT2D eigenvalue weighted by Crippen LogP contribution is 2.26. The van der Waals surface area contributed by atoms with Crippen molar-refractivity contribution in [2.45, 2.75) is 45.7 Å². The summed E-state index contributed by atoms with van der Waals surface area (Å²) in [6.07, 6.45) is 3.67. The van der Waals surface area contributed by atoms with E-state index in [4.69, 9.17) is 28.9 Å². The fourth-order valence-corrected chi connectivity index (χ4v) is 3.25. The van der Waals surface area contributed by atoms with Gasteiger partial charge in [-0.25, -0.2) is 0 Å². The molecular formula is C17H26Cl2N2. The van der Waals surface area contributed by atoms with E-state index in [0.717, 1.165) is 32.0 Å². The summed E-state index contributed by atoms with van der Waals surface area (Å²) in [6.45, 7) is 7.68. The lowest BCUT2D eigenvalue weighted by Gasteiger charge is -2.33. The summed E-state index contributed by atoms with van der Waals surface area (Å²) in [5, 5.41) is 1.27. The molecule has 1 heterocycles. The minimum Gasteiger partial charge on any atom is -0.327 e. The van der Waals surface area contributed by atoms with Crippen molar-refractivity contribution in [2.75, 3.05) is 13.1 Å². The van der Waals surface area contributed by atoms with Gasteiger partial charge in [0.1, 0.15) is 0 Å². The van der Waals surface area contributed by atoms with Crippen molar-refractivity contribution in [3.05, 3.63) is 33.8 Å². The van der Waals surface area contributed by atoms with Gasteiger partial charge in [0.25, 0.3) is 0 Å². The molecule has 1 aliphatic rings. The third-order valence-corrected chi connectivity index (χ3v) is 5.30. The molecule has 2 rings (SSSR count). The number of halogens is 2. The normalized spacial score (nSPS) is 19.1. The number of nitrogens with zero attached hydrogens (tertiary/aromatic N) is 1. The molecular weight excluding hydrogens is 303 g/mol. The molecule has 0 aromatic heterocycles. The van der Waals surface area contributed by atoms with Crippen LogP contribution in [0.2, 0.25) is 10.0 Å². The molecule has 1 aromatic carbocycles. The molecule has 1 fully saturated rings. The highest BCUT2D eigenvalue weighted by atomic mass is 35.5. The molecule has 0 amide bonds. The summed E-state index contributed by atoms with van der Waals surface area (Å²) < 4.78 is 0. The van der Waals surface area contributed by atoms with Crippen LogP contribution in [0.3, 0.4) is 0 Å². The van der Waals surface area contributed by atoms with E-state index in [1.165, 1.54) is 18.4 Å². The van der Waals surface area contributed by atoms with Crippen LogP contribution in [0.15, 0.2) is 18.2 Å². The van der Waals surface area contributed by atoms with Crippen LogP contribution in [0, 0.1) is 11.8 Å². The fourth-order valence-electron chi connectivity index (χ4n) is 2.93. The van der Waals surface area contributed by atoms with Crippen LogP contribution in [0.1, 0.15) is 38.7 Å². The number of nitrogens with two attached hydrogens (primary N) is 1. The average molecular weight is 329 g/mol. The second-order valence-corrected chi connectivity index (χ2v) is 7.43. The predicted octanol–water partition coefficient (Wildman–Crippen LogP) is 4.58. The first-order chi connectivity index (χ1) is 9.95. The maximum Gasteiger partial charge on any atom is 0.0595 e. The number of rotatable bonds is 5. The van der Waals surface area contributed by atoms with Gasteiger partial charge in [-0.05, 0) is 61.9 Å². The first kappa shape index (κ1) is 17.1. The zero-order valence-corrected chi connectivity index (χ0v) is 14.5. The van der Waals surface area contributed by atoms with Gasteiger partial charge in [0, 0.05) is 12.6 Å². The van der Waals surface area contributed by atoms with Gasteiger partial charge >= 0.3 is 0 Å². The van der Waals surface area contributed by atoms with E-state index in [9.17, 15) is 0 Å². The Hall–Kier alpha value is -0.280. The molecule has 0 bridgehead atoms. The molecule has 2 N–H and O–H groups in total. The Morgan fingerprint density at radius 2 is 1.86 bits per heavy atom. The molecule has 2 nitrogen and oxygen atoms in total. The van der Waals surface area contributed by atoms with Crippen molar-refractivity contribution in [2.24, 2.45) is 17.6 Å². The smallest absolute Gasteiger partial charge is 0.0595 e. The Balaban J connectivity index is 1.80. The Kier molecular flexibility index (Phi) is 6.36. The molecule has 1 saturated heterocycles. The standard InChI is InChI=1S/C17H26Cl2N2/c1-12(2)17(20)10-13-5-7-21(8-6-13)11-14-3-4-15(18)16(19)9-14/h3-4,9,12-13,17H,5-8,10-11,20H2,1-2H3/t17-/m0/s1. The van der Waals surface area contributed by atoms with E-state index in [-0.39, 0.29) is 0 Å². The SMILES string of the molecule is CC(C)[C@@H](N)CC1CCN(Cc2ccc(Cl)c(Cl)c2)CC1. The van der Waals surface area contributed by atoms with Crippen molar-refractivity contribution in [3.8, 4) is 0 Å². The summed E-state index contributed by atoms with van der Waals surface area (Å²) >= 11 is 12.0. The molecule has 0 radical (unpaired) electrons. The monoisotopic (exact) mass is 328 g/mol. The minimum absolute atomic E-state index is 0.344. The summed E-state index contributed by atoms with van der Waals surface area (Å²) in [5.74, 6) is 1.37. The van der Waals surface area contributed by atoms with Gasteiger partial charge < -0.3 is 5.73 Å². The summed E-state index contributed by atoms with van der Waals surface area (Å²) in [5.41, 5.74) is 7.43. The highest BCUT2D eigenvalue weighted by Gasteiger charge is 2.22. The quantitative estimate of drug-likeness (QED) is 0.857. The van der Waals surface area contributed by atoms with E-state index < -0.39 is 0 Å². The lowest BCUT2D eigenvalue weighted by Crippen LogP contribution is -2.36. The molecule has 4 heteroatoms. The first-order valence-electron chi connectivity index (χ1n) is 7.87. The molecule has 1 atom stereocenters. The number of piperidine rings is 1. The topological polar surface area (TPSA) is 29.3 Å². The van der Waals surface area contributed by atoms with Gasteiger partial charge in [0.05, 0.1) is 10.0 Å². The largest absolute Gasteiger partial charge is 0.327 e. The second-order valence-electron chi connectivity index (χ2n) is 6.61. The Morgan fingerprint density at radius 1 is 1.19 bits per heavy atom. The molecule has 21 heavy (non-hydrogen) atoms. The van der Waals surface area contributed by atoms with Crippen molar-refractivity contribution >= 4 is 23.2 Å². The van der Waals surface area contributed by atoms with Crippen LogP contribution in [0.4, 0.5) is 0 Å². The fraction of sp³-hybridized carbons (Fsp3) is 0.647. The zero-order chi connectivity index (χ0) is 15.4. The lowest BCUT2D eigenvalue weighted by atomic mass is 9.87. The van der Waals surface area contributed by atoms with Gasteiger partial charge in [-0.3, -0.25) is 4.90 Å². The van der Waals surface area contributed by atoms with E-state index in [2.05, 4.69) is 24.8 Å². The lowest BCUT2D eigenvalue weighted by molar-refractivity contribution is 0.163. The van der Waals surface area contributed by atoms with Crippen molar-refractivity contribution in [1.82, 2.24) is 4.90 Å². The summed E-state index contributed by atoms with van der Waals surface area (Å²) in [6, 6.07) is 6.27. The molecule has 118 valence electrons. The minimum atomic E-state index is 0.344. The third kappa shape index (κ3) is 5.14. The molecule has 1 aliphatic heterocycles. The molecule has 0 spiro atoms. The van der Waals surface area contributed by atoms with Gasteiger partial charge in [0.2, 0.25) is 0 Å². The van der Waals surface area contributed by atoms with Gasteiger partial charge in [-0.2, -0.15) is 0 Å². The third-order valence-electron chi connectivity index (χ3n) is 4.56. The van der Waals surface area contributed by atoms with Crippen LogP contribution in [0.25, 0.3) is 0 Å². The maximum absolute atomic E-state index is 6.20. The zero-order valence-electron chi connectivity index (χ0n) is 13.0. The Morgan fingerprint density at radius 3 is 2.43 bits per heavy atom. The van der Waals surface area contributed by atoms with Crippen LogP contribution >= 0.6 is 23.2 Å². The predicted molar refractivity (Wildman–Crippen MR) is 91.9 cm³/mol. The van der Waals surface area contributed by atoms with Crippen molar-refractivity contribution in [1.29, 1.82) is 0 Å². The Labute approximate surface area is 138 Å². The van der Waals surface area contributed by atoms with Crippen molar-refractivity contribution < 1.29 is 0 Å². The number of hydrogen-bond acceptors (Lipinski definition) is 2. The van der Waals surface area contributed by atoms with Crippen molar-refractivity contribution in [3.63, 3.8) is 0 Å². The van der Waals surface area contributed by atoms with E-state index in [1.54, 1.807) is 0 Å². The Bertz CT molecular complexity index is 454. The molecule has 1 aromatic rings. The maximum atomic E-state index is 6.20. The van der Waals surface area contributed by atoms with Crippen LogP contribution < -0.4 is 5.73 Å². The average Bonchev–Trinajstić information content (AvgIpc) is 2.45. The van der Waals surface area contributed by atoms with Gasteiger partial charge in [-0.1, -0.05) is 43.1 Å². The van der Waals surface area contributed by atoms with E-state index >= 15 is 0 Å². The van der Waals surface area contributed by atoms with Crippen LogP contribution in [0.5, 0.6) is 0 Å². The summed E-state index contributed by atoms with van der Waals surface area (Å²) in [4.78, 5) is 2.50. The molecule has 0 unspecified atom stereocenters. The van der Waals surface area contributed by atoms with Crippen LogP contribution in [-0.2, 0) is 6.54 Å². The van der Waals surface area contributed by atoms with E-state index in [0.29, 0.717) is 22.0 Å². The first-order valence-corrected chi connectivity index (χ1v) is 8.63. The highest BCUT2D eigenvalue weighted by molar-refractivity contribution is 6.42.